The van der Waals surface area contributed by atoms with Gasteiger partial charge in [-0.1, -0.05) is 0 Å². The maximum atomic E-state index is 10.8. The Kier molecular flexibility index (Phi) is 5.10. The number of hydrogen-bond acceptors (Lipinski definition) is 4. The first kappa shape index (κ1) is 14.8. The van der Waals surface area contributed by atoms with Gasteiger partial charge in [0.05, 0.1) is 12.3 Å². The van der Waals surface area contributed by atoms with Gasteiger partial charge in [-0.3, -0.25) is 9.79 Å². The molecule has 0 heterocycles. The number of carbonyl (C=O) groups is 1. The summed E-state index contributed by atoms with van der Waals surface area (Å²) in [5.74, 6) is 1.03. The number of aliphatic imine (C=N–C) groups is 1. The molecule has 0 aromatic heterocycles. The summed E-state index contributed by atoms with van der Waals surface area (Å²) in [7, 11) is 0. The van der Waals surface area contributed by atoms with Gasteiger partial charge in [0, 0.05) is 13.1 Å². The molecule has 0 unspecified atom stereocenters. The van der Waals surface area contributed by atoms with E-state index in [0.717, 1.165) is 17.0 Å². The summed E-state index contributed by atoms with van der Waals surface area (Å²) in [5.41, 5.74) is 1.78. The Morgan fingerprint density at radius 2 is 1.67 bits per heavy atom. The van der Waals surface area contributed by atoms with Gasteiger partial charge in [-0.25, -0.2) is 0 Å². The molecule has 0 radical (unpaired) electrons. The fraction of sp³-hybridized carbons (Fsp3) is 0.176. The first-order valence-corrected chi connectivity index (χ1v) is 6.73. The summed E-state index contributed by atoms with van der Waals surface area (Å²) in [6, 6.07) is 14.7. The molecule has 0 aliphatic rings. The lowest BCUT2D eigenvalue weighted by Crippen LogP contribution is -2.00. The highest BCUT2D eigenvalue weighted by Gasteiger charge is 1.97. The minimum absolute atomic E-state index is 0.333. The number of nitrogens with zero attached hydrogens (tertiary/aromatic N) is 1. The van der Waals surface area contributed by atoms with E-state index in [1.165, 1.54) is 6.92 Å². The van der Waals surface area contributed by atoms with Gasteiger partial charge < -0.3 is 9.47 Å². The molecule has 108 valence electrons. The molecule has 0 saturated heterocycles. The summed E-state index contributed by atoms with van der Waals surface area (Å²) in [5, 5.41) is 0. The van der Waals surface area contributed by atoms with E-state index in [1.54, 1.807) is 30.5 Å². The minimum Gasteiger partial charge on any atom is -0.494 e. The zero-order valence-electron chi connectivity index (χ0n) is 12.1. The third kappa shape index (κ3) is 4.76. The quantitative estimate of drug-likeness (QED) is 0.477. The van der Waals surface area contributed by atoms with Gasteiger partial charge in [0.25, 0.3) is 0 Å². The third-order valence-corrected chi connectivity index (χ3v) is 2.65. The van der Waals surface area contributed by atoms with Crippen molar-refractivity contribution in [3.8, 4) is 11.5 Å². The fourth-order valence-electron chi connectivity index (χ4n) is 1.73. The molecule has 0 spiro atoms. The predicted molar refractivity (Wildman–Crippen MR) is 82.6 cm³/mol. The average molecular weight is 283 g/mol. The standard InChI is InChI=1S/C17H17NO3/c1-3-20-16-8-4-14(5-9-16)12-18-15-6-10-17(11-7-15)21-13(2)19/h4-12H,3H2,1-2H3. The van der Waals surface area contributed by atoms with Gasteiger partial charge in [0.1, 0.15) is 11.5 Å². The molecule has 0 fully saturated rings. The van der Waals surface area contributed by atoms with Crippen molar-refractivity contribution in [2.24, 2.45) is 4.99 Å². The van der Waals surface area contributed by atoms with Crippen LogP contribution in [-0.4, -0.2) is 18.8 Å². The van der Waals surface area contributed by atoms with Crippen molar-refractivity contribution in [1.82, 2.24) is 0 Å². The Bertz CT molecular complexity index is 615. The van der Waals surface area contributed by atoms with Gasteiger partial charge >= 0.3 is 5.97 Å². The second-order valence-electron chi connectivity index (χ2n) is 4.35. The number of carbonyl (C=O) groups excluding carboxylic acids is 1. The van der Waals surface area contributed by atoms with Gasteiger partial charge in [-0.05, 0) is 61.0 Å². The molecule has 4 heteroatoms. The van der Waals surface area contributed by atoms with E-state index in [1.807, 2.05) is 31.2 Å². The molecule has 2 rings (SSSR count). The van der Waals surface area contributed by atoms with Crippen LogP contribution in [-0.2, 0) is 4.79 Å². The number of rotatable bonds is 5. The molecule has 4 nitrogen and oxygen atoms in total. The van der Waals surface area contributed by atoms with Crippen LogP contribution in [0, 0.1) is 0 Å². The minimum atomic E-state index is -0.333. The van der Waals surface area contributed by atoms with Crippen molar-refractivity contribution in [2.75, 3.05) is 6.61 Å². The predicted octanol–water partition coefficient (Wildman–Crippen LogP) is 3.76. The normalized spacial score (nSPS) is 10.6. The van der Waals surface area contributed by atoms with Crippen LogP contribution in [0.5, 0.6) is 11.5 Å². The topological polar surface area (TPSA) is 47.9 Å². The van der Waals surface area contributed by atoms with E-state index in [9.17, 15) is 4.79 Å². The lowest BCUT2D eigenvalue weighted by molar-refractivity contribution is -0.131. The van der Waals surface area contributed by atoms with Crippen LogP contribution in [0.15, 0.2) is 53.5 Å². The van der Waals surface area contributed by atoms with Crippen molar-refractivity contribution in [1.29, 1.82) is 0 Å². The van der Waals surface area contributed by atoms with Gasteiger partial charge in [-0.15, -0.1) is 0 Å². The van der Waals surface area contributed by atoms with Crippen LogP contribution in [0.2, 0.25) is 0 Å². The monoisotopic (exact) mass is 283 g/mol. The fourth-order valence-corrected chi connectivity index (χ4v) is 1.73. The summed E-state index contributed by atoms with van der Waals surface area (Å²) in [6.07, 6.45) is 1.77. The first-order chi connectivity index (χ1) is 10.2. The van der Waals surface area contributed by atoms with Crippen LogP contribution in [0.4, 0.5) is 5.69 Å². The van der Waals surface area contributed by atoms with Crippen molar-refractivity contribution in [3.05, 3.63) is 54.1 Å². The number of hydrogen-bond donors (Lipinski definition) is 0. The van der Waals surface area contributed by atoms with Crippen molar-refractivity contribution in [3.63, 3.8) is 0 Å². The molecule has 0 N–H and O–H groups in total. The molecular weight excluding hydrogens is 266 g/mol. The second kappa shape index (κ2) is 7.24. The lowest BCUT2D eigenvalue weighted by Gasteiger charge is -2.02. The van der Waals surface area contributed by atoms with Crippen molar-refractivity contribution >= 4 is 17.9 Å². The molecule has 0 atom stereocenters. The van der Waals surface area contributed by atoms with E-state index in [2.05, 4.69) is 4.99 Å². The number of esters is 1. The zero-order chi connectivity index (χ0) is 15.1. The van der Waals surface area contributed by atoms with Crippen LogP contribution >= 0.6 is 0 Å². The Morgan fingerprint density at radius 1 is 1.05 bits per heavy atom. The summed E-state index contributed by atoms with van der Waals surface area (Å²) < 4.78 is 10.3. The summed E-state index contributed by atoms with van der Waals surface area (Å²) in [6.45, 7) is 3.98. The first-order valence-electron chi connectivity index (χ1n) is 6.73. The lowest BCUT2D eigenvalue weighted by atomic mass is 10.2. The third-order valence-electron chi connectivity index (χ3n) is 2.65. The Morgan fingerprint density at radius 3 is 2.24 bits per heavy atom. The molecule has 2 aromatic carbocycles. The highest BCUT2D eigenvalue weighted by Crippen LogP contribution is 2.18. The average Bonchev–Trinajstić information content (AvgIpc) is 2.48. The largest absolute Gasteiger partial charge is 0.494 e. The Balaban J connectivity index is 2.01. The number of benzene rings is 2. The molecule has 2 aromatic rings. The van der Waals surface area contributed by atoms with Crippen LogP contribution in [0.25, 0.3) is 0 Å². The molecule has 0 aliphatic heterocycles. The second-order valence-corrected chi connectivity index (χ2v) is 4.35. The van der Waals surface area contributed by atoms with Gasteiger partial charge in [0.15, 0.2) is 0 Å². The Hall–Kier alpha value is -2.62. The molecule has 0 bridgehead atoms. The van der Waals surface area contributed by atoms with Crippen LogP contribution < -0.4 is 9.47 Å². The van der Waals surface area contributed by atoms with E-state index in [0.29, 0.717) is 12.4 Å². The van der Waals surface area contributed by atoms with E-state index in [-0.39, 0.29) is 5.97 Å². The zero-order valence-corrected chi connectivity index (χ0v) is 12.1. The highest BCUT2D eigenvalue weighted by atomic mass is 16.5. The molecule has 0 aliphatic carbocycles. The van der Waals surface area contributed by atoms with Gasteiger partial charge in [-0.2, -0.15) is 0 Å². The van der Waals surface area contributed by atoms with Crippen molar-refractivity contribution in [2.45, 2.75) is 13.8 Å². The highest BCUT2D eigenvalue weighted by molar-refractivity contribution is 5.82. The number of ether oxygens (including phenoxy) is 2. The van der Waals surface area contributed by atoms with E-state index >= 15 is 0 Å². The van der Waals surface area contributed by atoms with Crippen LogP contribution in [0.1, 0.15) is 19.4 Å². The maximum absolute atomic E-state index is 10.8. The SMILES string of the molecule is CCOc1ccc(C=Nc2ccc(OC(C)=O)cc2)cc1. The molecular formula is C17H17NO3. The van der Waals surface area contributed by atoms with Gasteiger partial charge in [0.2, 0.25) is 0 Å². The van der Waals surface area contributed by atoms with Crippen LogP contribution in [0.3, 0.4) is 0 Å². The molecule has 0 amide bonds. The maximum Gasteiger partial charge on any atom is 0.308 e. The molecule has 21 heavy (non-hydrogen) atoms. The Labute approximate surface area is 124 Å². The van der Waals surface area contributed by atoms with E-state index in [4.69, 9.17) is 9.47 Å². The molecule has 0 saturated carbocycles. The summed E-state index contributed by atoms with van der Waals surface area (Å²) >= 11 is 0. The smallest absolute Gasteiger partial charge is 0.308 e. The van der Waals surface area contributed by atoms with E-state index < -0.39 is 0 Å². The summed E-state index contributed by atoms with van der Waals surface area (Å²) in [4.78, 5) is 15.2. The van der Waals surface area contributed by atoms with Crippen molar-refractivity contribution < 1.29 is 14.3 Å².